The molecule has 0 aliphatic heterocycles. The number of rotatable bonds is 3. The van der Waals surface area contributed by atoms with Crippen molar-refractivity contribution in [1.82, 2.24) is 4.98 Å². The first-order valence-corrected chi connectivity index (χ1v) is 4.05. The monoisotopic (exact) mass is 180 g/mol. The van der Waals surface area contributed by atoms with E-state index in [1.165, 1.54) is 0 Å². The number of nitrogens with zero attached hydrogens (tertiary/aromatic N) is 1. The molecule has 0 atom stereocenters. The topological polar surface area (TPSA) is 51.2 Å². The smallest absolute Gasteiger partial charge is 0.224 e. The van der Waals surface area contributed by atoms with Gasteiger partial charge in [-0.15, -0.1) is 0 Å². The van der Waals surface area contributed by atoms with Gasteiger partial charge in [-0.05, 0) is 0 Å². The number of aromatic nitrogens is 1. The van der Waals surface area contributed by atoms with E-state index < -0.39 is 0 Å². The standard InChI is InChI=1S/C9H12N2O2/c1-3-9(12)11-7-4-8(13-2)6-10-5-7/h4-6H,3H2,1-2H3,(H,11,12). The lowest BCUT2D eigenvalue weighted by atomic mass is 10.3. The summed E-state index contributed by atoms with van der Waals surface area (Å²) < 4.78 is 4.96. The average Bonchev–Trinajstić information content (AvgIpc) is 2.18. The largest absolute Gasteiger partial charge is 0.495 e. The van der Waals surface area contributed by atoms with Crippen LogP contribution in [0.15, 0.2) is 18.5 Å². The van der Waals surface area contributed by atoms with Crippen LogP contribution >= 0.6 is 0 Å². The molecule has 0 bridgehead atoms. The summed E-state index contributed by atoms with van der Waals surface area (Å²) in [5.74, 6) is 0.601. The SMILES string of the molecule is CCC(=O)Nc1cncc(OC)c1. The number of hydrogen-bond donors (Lipinski definition) is 1. The molecule has 70 valence electrons. The van der Waals surface area contributed by atoms with E-state index in [9.17, 15) is 4.79 Å². The Morgan fingerprint density at radius 1 is 1.62 bits per heavy atom. The Hall–Kier alpha value is -1.58. The minimum atomic E-state index is -0.0324. The Labute approximate surface area is 76.9 Å². The van der Waals surface area contributed by atoms with Crippen LogP contribution in [-0.2, 0) is 4.79 Å². The van der Waals surface area contributed by atoms with Crippen LogP contribution in [0.25, 0.3) is 0 Å². The molecule has 0 unspecified atom stereocenters. The zero-order chi connectivity index (χ0) is 9.68. The van der Waals surface area contributed by atoms with Gasteiger partial charge in [-0.1, -0.05) is 6.92 Å². The van der Waals surface area contributed by atoms with E-state index in [-0.39, 0.29) is 5.91 Å². The van der Waals surface area contributed by atoms with Crippen LogP contribution in [-0.4, -0.2) is 18.0 Å². The molecule has 0 aliphatic carbocycles. The van der Waals surface area contributed by atoms with Crippen molar-refractivity contribution in [2.75, 3.05) is 12.4 Å². The molecule has 0 radical (unpaired) electrons. The van der Waals surface area contributed by atoms with Gasteiger partial charge in [-0.3, -0.25) is 9.78 Å². The number of anilines is 1. The lowest BCUT2D eigenvalue weighted by molar-refractivity contribution is -0.115. The fourth-order valence-corrected chi connectivity index (χ4v) is 0.848. The Morgan fingerprint density at radius 3 is 3.00 bits per heavy atom. The van der Waals surface area contributed by atoms with E-state index in [2.05, 4.69) is 10.3 Å². The first-order valence-electron chi connectivity index (χ1n) is 4.05. The van der Waals surface area contributed by atoms with Gasteiger partial charge in [0.2, 0.25) is 5.91 Å². The Morgan fingerprint density at radius 2 is 2.38 bits per heavy atom. The van der Waals surface area contributed by atoms with Crippen LogP contribution in [0.1, 0.15) is 13.3 Å². The quantitative estimate of drug-likeness (QED) is 0.765. The van der Waals surface area contributed by atoms with Gasteiger partial charge >= 0.3 is 0 Å². The first kappa shape index (κ1) is 9.51. The number of carbonyl (C=O) groups is 1. The third-order valence-corrected chi connectivity index (χ3v) is 1.55. The molecule has 13 heavy (non-hydrogen) atoms. The van der Waals surface area contributed by atoms with Crippen molar-refractivity contribution in [2.45, 2.75) is 13.3 Å². The van der Waals surface area contributed by atoms with Crippen molar-refractivity contribution in [3.05, 3.63) is 18.5 Å². The molecule has 0 spiro atoms. The minimum Gasteiger partial charge on any atom is -0.495 e. The van der Waals surface area contributed by atoms with Gasteiger partial charge < -0.3 is 10.1 Å². The Bertz CT molecular complexity index is 299. The molecule has 0 saturated carbocycles. The summed E-state index contributed by atoms with van der Waals surface area (Å²) in [5.41, 5.74) is 0.659. The molecule has 1 rings (SSSR count). The van der Waals surface area contributed by atoms with Crippen LogP contribution in [0.5, 0.6) is 5.75 Å². The predicted octanol–water partition coefficient (Wildman–Crippen LogP) is 1.44. The fraction of sp³-hybridized carbons (Fsp3) is 0.333. The molecule has 0 aliphatic rings. The normalized spacial score (nSPS) is 9.38. The maximum absolute atomic E-state index is 11.0. The summed E-state index contributed by atoms with van der Waals surface area (Å²) >= 11 is 0. The zero-order valence-electron chi connectivity index (χ0n) is 7.70. The Balaban J connectivity index is 2.71. The average molecular weight is 180 g/mol. The van der Waals surface area contributed by atoms with E-state index in [0.29, 0.717) is 17.9 Å². The highest BCUT2D eigenvalue weighted by atomic mass is 16.5. The third kappa shape index (κ3) is 2.74. The molecule has 1 heterocycles. The van der Waals surface area contributed by atoms with Crippen molar-refractivity contribution in [3.8, 4) is 5.75 Å². The highest BCUT2D eigenvalue weighted by molar-refractivity contribution is 5.90. The second-order valence-corrected chi connectivity index (χ2v) is 2.52. The van der Waals surface area contributed by atoms with E-state index in [0.717, 1.165) is 0 Å². The molecule has 0 saturated heterocycles. The number of carbonyl (C=O) groups excluding carboxylic acids is 1. The number of ether oxygens (including phenoxy) is 1. The summed E-state index contributed by atoms with van der Waals surface area (Å²) in [4.78, 5) is 14.9. The summed E-state index contributed by atoms with van der Waals surface area (Å²) in [7, 11) is 1.56. The van der Waals surface area contributed by atoms with Crippen molar-refractivity contribution < 1.29 is 9.53 Å². The van der Waals surface area contributed by atoms with E-state index >= 15 is 0 Å². The Kier molecular flexibility index (Phi) is 3.25. The molecule has 1 N–H and O–H groups in total. The maximum atomic E-state index is 11.0. The highest BCUT2D eigenvalue weighted by Crippen LogP contribution is 2.14. The number of nitrogens with one attached hydrogen (secondary N) is 1. The summed E-state index contributed by atoms with van der Waals surface area (Å²) in [6.45, 7) is 1.79. The van der Waals surface area contributed by atoms with Gasteiger partial charge in [0.1, 0.15) is 5.75 Å². The van der Waals surface area contributed by atoms with Gasteiger partial charge in [-0.25, -0.2) is 0 Å². The molecule has 0 fully saturated rings. The van der Waals surface area contributed by atoms with Crippen LogP contribution in [0, 0.1) is 0 Å². The second-order valence-electron chi connectivity index (χ2n) is 2.52. The van der Waals surface area contributed by atoms with E-state index in [4.69, 9.17) is 4.74 Å². The van der Waals surface area contributed by atoms with Crippen molar-refractivity contribution in [2.24, 2.45) is 0 Å². The van der Waals surface area contributed by atoms with Gasteiger partial charge in [0, 0.05) is 12.5 Å². The maximum Gasteiger partial charge on any atom is 0.224 e. The molecule has 1 amide bonds. The molecular weight excluding hydrogens is 168 g/mol. The van der Waals surface area contributed by atoms with Crippen molar-refractivity contribution >= 4 is 11.6 Å². The molecular formula is C9H12N2O2. The van der Waals surface area contributed by atoms with E-state index in [1.807, 2.05) is 0 Å². The number of methoxy groups -OCH3 is 1. The summed E-state index contributed by atoms with van der Waals surface area (Å²) in [6.07, 6.45) is 3.62. The van der Waals surface area contributed by atoms with E-state index in [1.54, 1.807) is 32.5 Å². The predicted molar refractivity (Wildman–Crippen MR) is 49.7 cm³/mol. The lowest BCUT2D eigenvalue weighted by Gasteiger charge is -2.04. The zero-order valence-corrected chi connectivity index (χ0v) is 7.70. The van der Waals surface area contributed by atoms with Crippen LogP contribution in [0.4, 0.5) is 5.69 Å². The van der Waals surface area contributed by atoms with Crippen molar-refractivity contribution in [1.29, 1.82) is 0 Å². The van der Waals surface area contributed by atoms with Gasteiger partial charge in [0.15, 0.2) is 0 Å². The second kappa shape index (κ2) is 4.45. The first-order chi connectivity index (χ1) is 6.26. The van der Waals surface area contributed by atoms with Crippen molar-refractivity contribution in [3.63, 3.8) is 0 Å². The molecule has 4 heteroatoms. The third-order valence-electron chi connectivity index (χ3n) is 1.55. The fourth-order valence-electron chi connectivity index (χ4n) is 0.848. The van der Waals surface area contributed by atoms with Gasteiger partial charge in [0.05, 0.1) is 25.2 Å². The van der Waals surface area contributed by atoms with Gasteiger partial charge in [-0.2, -0.15) is 0 Å². The summed E-state index contributed by atoms with van der Waals surface area (Å²) in [5, 5.41) is 2.68. The summed E-state index contributed by atoms with van der Waals surface area (Å²) in [6, 6.07) is 1.72. The molecule has 4 nitrogen and oxygen atoms in total. The van der Waals surface area contributed by atoms with Crippen LogP contribution in [0.3, 0.4) is 0 Å². The highest BCUT2D eigenvalue weighted by Gasteiger charge is 1.99. The number of hydrogen-bond acceptors (Lipinski definition) is 3. The number of amides is 1. The number of pyridine rings is 1. The molecule has 1 aromatic rings. The van der Waals surface area contributed by atoms with Gasteiger partial charge in [0.25, 0.3) is 0 Å². The molecule has 1 aromatic heterocycles. The van der Waals surface area contributed by atoms with Crippen LogP contribution in [0.2, 0.25) is 0 Å². The van der Waals surface area contributed by atoms with Crippen LogP contribution < -0.4 is 10.1 Å². The lowest BCUT2D eigenvalue weighted by Crippen LogP contribution is -2.09. The minimum absolute atomic E-state index is 0.0324. The molecule has 0 aromatic carbocycles.